The van der Waals surface area contributed by atoms with Crippen molar-refractivity contribution in [3.63, 3.8) is 0 Å². The van der Waals surface area contributed by atoms with Crippen LogP contribution < -0.4 is 5.32 Å². The second kappa shape index (κ2) is 4.03. The summed E-state index contributed by atoms with van der Waals surface area (Å²) in [6.45, 7) is 1.36. The van der Waals surface area contributed by atoms with E-state index in [1.54, 1.807) is 12.3 Å². The monoisotopic (exact) mass is 142 g/mol. The van der Waals surface area contributed by atoms with Crippen molar-refractivity contribution < 1.29 is 9.63 Å². The standard InChI is InChI=1S/C6H10N2O2/c9-4-3-7-5-6-1-2-8-10-6/h1-2,7,9H,3-5H2. The maximum Gasteiger partial charge on any atom is 0.150 e. The fourth-order valence-electron chi connectivity index (χ4n) is 0.624. The molecular weight excluding hydrogens is 132 g/mol. The number of hydrogen-bond acceptors (Lipinski definition) is 4. The molecule has 0 aromatic carbocycles. The number of aliphatic hydroxyl groups is 1. The summed E-state index contributed by atoms with van der Waals surface area (Å²) >= 11 is 0. The molecular formula is C6H10N2O2. The molecule has 10 heavy (non-hydrogen) atoms. The highest BCUT2D eigenvalue weighted by Crippen LogP contribution is 1.93. The summed E-state index contributed by atoms with van der Waals surface area (Å²) in [5.74, 6) is 0.786. The Kier molecular flexibility index (Phi) is 2.92. The first kappa shape index (κ1) is 7.24. The number of rotatable bonds is 4. The van der Waals surface area contributed by atoms with E-state index in [0.29, 0.717) is 13.1 Å². The van der Waals surface area contributed by atoms with Crippen molar-refractivity contribution in [2.24, 2.45) is 0 Å². The van der Waals surface area contributed by atoms with Crippen LogP contribution >= 0.6 is 0 Å². The lowest BCUT2D eigenvalue weighted by molar-refractivity contribution is 0.287. The third-order valence-corrected chi connectivity index (χ3v) is 1.08. The highest BCUT2D eigenvalue weighted by Gasteiger charge is 1.93. The summed E-state index contributed by atoms with van der Waals surface area (Å²) < 4.78 is 4.79. The van der Waals surface area contributed by atoms with Gasteiger partial charge in [-0.05, 0) is 0 Å². The van der Waals surface area contributed by atoms with Crippen LogP contribution in [-0.2, 0) is 6.54 Å². The van der Waals surface area contributed by atoms with Crippen molar-refractivity contribution in [1.29, 1.82) is 0 Å². The molecule has 1 heterocycles. The Morgan fingerprint density at radius 3 is 3.20 bits per heavy atom. The maximum absolute atomic E-state index is 8.39. The predicted octanol–water partition coefficient (Wildman–Crippen LogP) is -0.244. The van der Waals surface area contributed by atoms with Crippen molar-refractivity contribution in [3.8, 4) is 0 Å². The van der Waals surface area contributed by atoms with Gasteiger partial charge in [0.2, 0.25) is 0 Å². The van der Waals surface area contributed by atoms with Crippen LogP contribution in [0.25, 0.3) is 0 Å². The van der Waals surface area contributed by atoms with Gasteiger partial charge in [-0.15, -0.1) is 0 Å². The van der Waals surface area contributed by atoms with Gasteiger partial charge in [-0.1, -0.05) is 5.16 Å². The van der Waals surface area contributed by atoms with Crippen LogP contribution in [0.15, 0.2) is 16.8 Å². The lowest BCUT2D eigenvalue weighted by Gasteiger charge is -1.95. The van der Waals surface area contributed by atoms with E-state index in [4.69, 9.17) is 9.63 Å². The molecule has 0 atom stereocenters. The molecule has 1 aromatic heterocycles. The molecule has 0 saturated carbocycles. The van der Waals surface area contributed by atoms with E-state index in [0.717, 1.165) is 5.76 Å². The smallest absolute Gasteiger partial charge is 0.150 e. The summed E-state index contributed by atoms with van der Waals surface area (Å²) in [5.41, 5.74) is 0. The quantitative estimate of drug-likeness (QED) is 0.569. The second-order valence-corrected chi connectivity index (χ2v) is 1.88. The molecule has 0 aliphatic carbocycles. The number of aromatic nitrogens is 1. The SMILES string of the molecule is OCCNCc1ccno1. The largest absolute Gasteiger partial charge is 0.395 e. The molecule has 1 aromatic rings. The number of aliphatic hydroxyl groups excluding tert-OH is 1. The Bertz CT molecular complexity index is 162. The van der Waals surface area contributed by atoms with E-state index >= 15 is 0 Å². The summed E-state index contributed by atoms with van der Waals surface area (Å²) in [4.78, 5) is 0. The maximum atomic E-state index is 8.39. The Balaban J connectivity index is 2.15. The summed E-state index contributed by atoms with van der Waals surface area (Å²) in [5, 5.41) is 14.9. The molecule has 0 aliphatic rings. The molecule has 0 aliphatic heterocycles. The first-order chi connectivity index (χ1) is 4.93. The van der Waals surface area contributed by atoms with Crippen LogP contribution in [0, 0.1) is 0 Å². The Morgan fingerprint density at radius 1 is 1.70 bits per heavy atom. The Labute approximate surface area is 58.8 Å². The number of hydrogen-bond donors (Lipinski definition) is 2. The van der Waals surface area contributed by atoms with Crippen LogP contribution in [0.4, 0.5) is 0 Å². The molecule has 0 unspecified atom stereocenters. The highest BCUT2D eigenvalue weighted by atomic mass is 16.5. The van der Waals surface area contributed by atoms with Gasteiger partial charge >= 0.3 is 0 Å². The van der Waals surface area contributed by atoms with Gasteiger partial charge in [0.15, 0.2) is 0 Å². The van der Waals surface area contributed by atoms with Gasteiger partial charge in [-0.2, -0.15) is 0 Å². The Morgan fingerprint density at radius 2 is 2.60 bits per heavy atom. The van der Waals surface area contributed by atoms with E-state index in [-0.39, 0.29) is 6.61 Å². The molecule has 0 saturated heterocycles. The van der Waals surface area contributed by atoms with Crippen molar-refractivity contribution >= 4 is 0 Å². The molecule has 2 N–H and O–H groups in total. The minimum absolute atomic E-state index is 0.147. The molecule has 0 spiro atoms. The number of nitrogens with zero attached hydrogens (tertiary/aromatic N) is 1. The van der Waals surface area contributed by atoms with E-state index < -0.39 is 0 Å². The van der Waals surface area contributed by atoms with E-state index in [1.165, 1.54) is 0 Å². The van der Waals surface area contributed by atoms with Crippen LogP contribution in [0.5, 0.6) is 0 Å². The highest BCUT2D eigenvalue weighted by molar-refractivity contribution is 4.91. The molecule has 4 nitrogen and oxygen atoms in total. The third-order valence-electron chi connectivity index (χ3n) is 1.08. The van der Waals surface area contributed by atoms with E-state index in [9.17, 15) is 0 Å². The molecule has 56 valence electrons. The van der Waals surface area contributed by atoms with Crippen LogP contribution in [0.3, 0.4) is 0 Å². The first-order valence-electron chi connectivity index (χ1n) is 3.14. The summed E-state index contributed by atoms with van der Waals surface area (Å²) in [6, 6.07) is 1.78. The minimum Gasteiger partial charge on any atom is -0.395 e. The predicted molar refractivity (Wildman–Crippen MR) is 35.3 cm³/mol. The lowest BCUT2D eigenvalue weighted by Crippen LogP contribution is -2.16. The average molecular weight is 142 g/mol. The summed E-state index contributed by atoms with van der Waals surface area (Å²) in [6.07, 6.45) is 1.59. The molecule has 0 radical (unpaired) electrons. The van der Waals surface area contributed by atoms with Gasteiger partial charge in [0.1, 0.15) is 5.76 Å². The van der Waals surface area contributed by atoms with Crippen LogP contribution in [-0.4, -0.2) is 23.4 Å². The molecule has 0 fully saturated rings. The normalized spacial score (nSPS) is 10.1. The number of nitrogens with one attached hydrogen (secondary N) is 1. The zero-order valence-electron chi connectivity index (χ0n) is 5.58. The lowest BCUT2D eigenvalue weighted by atomic mass is 10.4. The first-order valence-corrected chi connectivity index (χ1v) is 3.14. The van der Waals surface area contributed by atoms with Crippen molar-refractivity contribution in [2.75, 3.05) is 13.2 Å². The van der Waals surface area contributed by atoms with Gasteiger partial charge in [0.05, 0.1) is 19.3 Å². The van der Waals surface area contributed by atoms with Gasteiger partial charge in [0, 0.05) is 12.6 Å². The fraction of sp³-hybridized carbons (Fsp3) is 0.500. The summed E-state index contributed by atoms with van der Waals surface area (Å²) in [7, 11) is 0. The Hall–Kier alpha value is -0.870. The van der Waals surface area contributed by atoms with E-state index in [2.05, 4.69) is 10.5 Å². The van der Waals surface area contributed by atoms with Gasteiger partial charge in [0.25, 0.3) is 0 Å². The van der Waals surface area contributed by atoms with Gasteiger partial charge in [-0.25, -0.2) is 0 Å². The van der Waals surface area contributed by atoms with Gasteiger partial charge < -0.3 is 14.9 Å². The van der Waals surface area contributed by atoms with Crippen molar-refractivity contribution in [3.05, 3.63) is 18.0 Å². The average Bonchev–Trinajstić information content (AvgIpc) is 2.41. The molecule has 0 bridgehead atoms. The second-order valence-electron chi connectivity index (χ2n) is 1.88. The fourth-order valence-corrected chi connectivity index (χ4v) is 0.624. The minimum atomic E-state index is 0.147. The molecule has 1 rings (SSSR count). The molecule has 0 amide bonds. The van der Waals surface area contributed by atoms with Crippen molar-refractivity contribution in [2.45, 2.75) is 6.54 Å². The third kappa shape index (κ3) is 2.16. The topological polar surface area (TPSA) is 58.3 Å². The van der Waals surface area contributed by atoms with Crippen LogP contribution in [0.2, 0.25) is 0 Å². The van der Waals surface area contributed by atoms with Gasteiger partial charge in [-0.3, -0.25) is 0 Å². The van der Waals surface area contributed by atoms with Crippen LogP contribution in [0.1, 0.15) is 5.76 Å². The van der Waals surface area contributed by atoms with Crippen molar-refractivity contribution in [1.82, 2.24) is 10.5 Å². The zero-order valence-corrected chi connectivity index (χ0v) is 5.58. The van der Waals surface area contributed by atoms with E-state index in [1.807, 2.05) is 0 Å². The zero-order chi connectivity index (χ0) is 7.23. The molecule has 4 heteroatoms.